The van der Waals surface area contributed by atoms with Crippen LogP contribution in [0.3, 0.4) is 0 Å². The molecule has 0 saturated heterocycles. The minimum absolute atomic E-state index is 0.368. The predicted molar refractivity (Wildman–Crippen MR) is 63.9 cm³/mol. The third-order valence-electron chi connectivity index (χ3n) is 3.30. The van der Waals surface area contributed by atoms with E-state index in [0.29, 0.717) is 12.5 Å². The smallest absolute Gasteiger partial charge is 0.238 e. The lowest BCUT2D eigenvalue weighted by atomic mass is 9.89. The Morgan fingerprint density at radius 3 is 2.38 bits per heavy atom. The second kappa shape index (κ2) is 5.66. The minimum Gasteiger partial charge on any atom is -0.355 e. The van der Waals surface area contributed by atoms with Crippen LogP contribution in [0.2, 0.25) is 0 Å². The molecule has 5 heteroatoms. The first-order chi connectivity index (χ1) is 7.41. The highest BCUT2D eigenvalue weighted by atomic mass is 32.2. The van der Waals surface area contributed by atoms with Crippen LogP contribution in [0, 0.1) is 5.92 Å². The molecular weight excluding hydrogens is 226 g/mol. The van der Waals surface area contributed by atoms with E-state index in [2.05, 4.69) is 5.32 Å². The van der Waals surface area contributed by atoms with E-state index in [1.807, 2.05) is 0 Å². The van der Waals surface area contributed by atoms with Gasteiger partial charge in [-0.2, -0.15) is 0 Å². The Balaban J connectivity index is 2.34. The highest BCUT2D eigenvalue weighted by Gasteiger charge is 2.24. The van der Waals surface area contributed by atoms with Crippen LogP contribution in [0.5, 0.6) is 0 Å². The first kappa shape index (κ1) is 13.5. The van der Waals surface area contributed by atoms with Gasteiger partial charge in [-0.3, -0.25) is 4.79 Å². The molecule has 1 amide bonds. The van der Waals surface area contributed by atoms with E-state index >= 15 is 0 Å². The van der Waals surface area contributed by atoms with E-state index in [1.165, 1.54) is 26.2 Å². The first-order valence-corrected chi connectivity index (χ1v) is 7.83. The molecule has 1 aliphatic carbocycles. The fourth-order valence-electron chi connectivity index (χ4n) is 1.97. The lowest BCUT2D eigenvalue weighted by molar-refractivity contribution is -0.120. The van der Waals surface area contributed by atoms with Gasteiger partial charge >= 0.3 is 0 Å². The zero-order chi connectivity index (χ0) is 12.2. The summed E-state index contributed by atoms with van der Waals surface area (Å²) < 4.78 is 22.3. The largest absolute Gasteiger partial charge is 0.355 e. The van der Waals surface area contributed by atoms with Crippen molar-refractivity contribution in [1.29, 1.82) is 0 Å². The number of carbonyl (C=O) groups is 1. The molecule has 1 saturated carbocycles. The summed E-state index contributed by atoms with van der Waals surface area (Å²) in [4.78, 5) is 11.5. The second-order valence-corrected chi connectivity index (χ2v) is 7.09. The third-order valence-corrected chi connectivity index (χ3v) is 4.80. The summed E-state index contributed by atoms with van der Waals surface area (Å²) in [5.74, 6) is 0.164. The highest BCUT2D eigenvalue weighted by molar-refractivity contribution is 7.92. The standard InChI is InChI=1S/C11H21NO3S/c1-9(16(2,14)15)11(13)12-8-10-6-4-3-5-7-10/h9-10H,3-8H2,1-2H3,(H,12,13)/t9-/m1/s1. The van der Waals surface area contributed by atoms with Crippen molar-refractivity contribution in [1.82, 2.24) is 5.32 Å². The van der Waals surface area contributed by atoms with E-state index in [-0.39, 0.29) is 5.91 Å². The van der Waals surface area contributed by atoms with Gasteiger partial charge in [0.15, 0.2) is 9.84 Å². The maximum atomic E-state index is 11.5. The number of carbonyl (C=O) groups excluding carboxylic acids is 1. The van der Waals surface area contributed by atoms with Crippen molar-refractivity contribution in [2.45, 2.75) is 44.3 Å². The lowest BCUT2D eigenvalue weighted by Gasteiger charge is -2.22. The average molecular weight is 247 g/mol. The van der Waals surface area contributed by atoms with E-state index in [9.17, 15) is 13.2 Å². The van der Waals surface area contributed by atoms with Gasteiger partial charge in [0.1, 0.15) is 5.25 Å². The Labute approximate surface area is 97.7 Å². The van der Waals surface area contributed by atoms with Gasteiger partial charge in [-0.1, -0.05) is 19.3 Å². The van der Waals surface area contributed by atoms with Gasteiger partial charge < -0.3 is 5.32 Å². The number of hydrogen-bond donors (Lipinski definition) is 1. The van der Waals surface area contributed by atoms with Gasteiger partial charge in [0, 0.05) is 12.8 Å². The van der Waals surface area contributed by atoms with Gasteiger partial charge in [-0.05, 0) is 25.7 Å². The summed E-state index contributed by atoms with van der Waals surface area (Å²) in [5.41, 5.74) is 0. The van der Waals surface area contributed by atoms with Gasteiger partial charge in [0.25, 0.3) is 0 Å². The van der Waals surface area contributed by atoms with Crippen LogP contribution in [0.25, 0.3) is 0 Å². The maximum Gasteiger partial charge on any atom is 0.238 e. The van der Waals surface area contributed by atoms with Crippen molar-refractivity contribution in [3.8, 4) is 0 Å². The number of sulfone groups is 1. The van der Waals surface area contributed by atoms with Crippen LogP contribution in [0.4, 0.5) is 0 Å². The first-order valence-electron chi connectivity index (χ1n) is 5.88. The number of nitrogens with one attached hydrogen (secondary N) is 1. The Kier molecular flexibility index (Phi) is 4.77. The molecule has 1 aliphatic rings. The Hall–Kier alpha value is -0.580. The van der Waals surface area contributed by atoms with E-state index < -0.39 is 15.1 Å². The van der Waals surface area contributed by atoms with Gasteiger partial charge in [0.05, 0.1) is 0 Å². The molecule has 0 bridgehead atoms. The van der Waals surface area contributed by atoms with Crippen molar-refractivity contribution >= 4 is 15.7 Å². The van der Waals surface area contributed by atoms with Crippen LogP contribution < -0.4 is 5.32 Å². The molecule has 0 aromatic heterocycles. The molecule has 0 aromatic carbocycles. The summed E-state index contributed by atoms with van der Waals surface area (Å²) in [6, 6.07) is 0. The van der Waals surface area contributed by atoms with E-state index in [0.717, 1.165) is 19.1 Å². The van der Waals surface area contributed by atoms with Crippen molar-refractivity contribution in [2.24, 2.45) is 5.92 Å². The monoisotopic (exact) mass is 247 g/mol. The Morgan fingerprint density at radius 1 is 1.31 bits per heavy atom. The summed E-state index contributed by atoms with van der Waals surface area (Å²) in [5, 5.41) is 1.81. The summed E-state index contributed by atoms with van der Waals surface area (Å²) in [7, 11) is -3.27. The molecule has 0 unspecified atom stereocenters. The molecule has 1 N–H and O–H groups in total. The minimum atomic E-state index is -3.27. The normalized spacial score (nSPS) is 20.4. The molecule has 94 valence electrons. The molecule has 1 fully saturated rings. The average Bonchev–Trinajstić information content (AvgIpc) is 2.25. The van der Waals surface area contributed by atoms with Crippen molar-refractivity contribution in [2.75, 3.05) is 12.8 Å². The molecule has 1 rings (SSSR count). The Bertz CT molecular complexity index is 331. The van der Waals surface area contributed by atoms with E-state index in [1.54, 1.807) is 0 Å². The van der Waals surface area contributed by atoms with Gasteiger partial charge in [-0.15, -0.1) is 0 Å². The molecule has 1 atom stereocenters. The topological polar surface area (TPSA) is 63.2 Å². The van der Waals surface area contributed by atoms with Crippen LogP contribution in [0.15, 0.2) is 0 Å². The molecule has 0 spiro atoms. The predicted octanol–water partition coefficient (Wildman–Crippen LogP) is 1.12. The third kappa shape index (κ3) is 4.12. The zero-order valence-corrected chi connectivity index (χ0v) is 10.8. The van der Waals surface area contributed by atoms with E-state index in [4.69, 9.17) is 0 Å². The molecule has 4 nitrogen and oxygen atoms in total. The SMILES string of the molecule is C[C@H](C(=O)NCC1CCCCC1)S(C)(=O)=O. The van der Waals surface area contributed by atoms with Gasteiger partial charge in [-0.25, -0.2) is 8.42 Å². The second-order valence-electron chi connectivity index (χ2n) is 4.72. The Morgan fingerprint density at radius 2 is 1.88 bits per heavy atom. The summed E-state index contributed by atoms with van der Waals surface area (Å²) in [6.45, 7) is 2.06. The van der Waals surface area contributed by atoms with Crippen molar-refractivity contribution < 1.29 is 13.2 Å². The number of hydrogen-bond acceptors (Lipinski definition) is 3. The number of amides is 1. The van der Waals surface area contributed by atoms with Crippen molar-refractivity contribution in [3.05, 3.63) is 0 Å². The van der Waals surface area contributed by atoms with Crippen LogP contribution in [0.1, 0.15) is 39.0 Å². The molecule has 0 aliphatic heterocycles. The molecular formula is C11H21NO3S. The molecule has 16 heavy (non-hydrogen) atoms. The highest BCUT2D eigenvalue weighted by Crippen LogP contribution is 2.22. The van der Waals surface area contributed by atoms with Crippen LogP contribution in [-0.4, -0.2) is 32.4 Å². The lowest BCUT2D eigenvalue weighted by Crippen LogP contribution is -2.40. The van der Waals surface area contributed by atoms with Crippen LogP contribution in [-0.2, 0) is 14.6 Å². The number of rotatable bonds is 4. The molecule has 0 heterocycles. The maximum absolute atomic E-state index is 11.5. The van der Waals surface area contributed by atoms with Gasteiger partial charge in [0.2, 0.25) is 5.91 Å². The summed E-state index contributed by atoms with van der Waals surface area (Å²) in [6.07, 6.45) is 7.12. The summed E-state index contributed by atoms with van der Waals surface area (Å²) >= 11 is 0. The quantitative estimate of drug-likeness (QED) is 0.809. The molecule has 0 aromatic rings. The zero-order valence-electron chi connectivity index (χ0n) is 10.0. The molecule has 0 radical (unpaired) electrons. The fraction of sp³-hybridized carbons (Fsp3) is 0.909. The fourth-order valence-corrected chi connectivity index (χ4v) is 2.45. The van der Waals surface area contributed by atoms with Crippen LogP contribution >= 0.6 is 0 Å². The van der Waals surface area contributed by atoms with Crippen molar-refractivity contribution in [3.63, 3.8) is 0 Å².